The fourth-order valence-electron chi connectivity index (χ4n) is 4.09. The number of aliphatic carboxylic acids is 1. The van der Waals surface area contributed by atoms with Crippen LogP contribution >= 0.6 is 0 Å². The van der Waals surface area contributed by atoms with Crippen LogP contribution in [-0.2, 0) is 17.6 Å². The Balaban J connectivity index is 1.80. The predicted molar refractivity (Wildman–Crippen MR) is 92.0 cm³/mol. The van der Waals surface area contributed by atoms with Crippen LogP contribution in [0.3, 0.4) is 0 Å². The molecule has 1 aromatic heterocycles. The third kappa shape index (κ3) is 2.50. The zero-order chi connectivity index (χ0) is 18.4. The summed E-state index contributed by atoms with van der Waals surface area (Å²) >= 11 is 0. The summed E-state index contributed by atoms with van der Waals surface area (Å²) in [6.45, 7) is 2.22. The average Bonchev–Trinajstić information content (AvgIpc) is 3.31. The fraction of sp³-hybridized carbons (Fsp3) is 0.421. The van der Waals surface area contributed by atoms with Crippen LogP contribution in [0.1, 0.15) is 46.6 Å². The summed E-state index contributed by atoms with van der Waals surface area (Å²) in [5, 5.41) is 13.8. The molecule has 1 aromatic carbocycles. The monoisotopic (exact) mass is 357 g/mol. The van der Waals surface area contributed by atoms with Crippen molar-refractivity contribution in [2.24, 2.45) is 0 Å². The Bertz CT molecular complexity index is 885. The maximum absolute atomic E-state index is 14.4. The molecule has 1 saturated heterocycles. The molecule has 136 valence electrons. The maximum Gasteiger partial charge on any atom is 0.326 e. The normalized spacial score (nSPS) is 19.0. The Kier molecular flexibility index (Phi) is 4.01. The number of halogens is 1. The smallest absolute Gasteiger partial charge is 0.326 e. The lowest BCUT2D eigenvalue weighted by atomic mass is 10.1. The van der Waals surface area contributed by atoms with Crippen molar-refractivity contribution in [2.45, 2.75) is 45.1 Å². The van der Waals surface area contributed by atoms with Crippen molar-refractivity contribution >= 4 is 11.9 Å². The number of hydrogen-bond donors (Lipinski definition) is 1. The van der Waals surface area contributed by atoms with Gasteiger partial charge in [-0.05, 0) is 50.7 Å². The van der Waals surface area contributed by atoms with Crippen LogP contribution in [0.4, 0.5) is 4.39 Å². The highest BCUT2D eigenvalue weighted by molar-refractivity contribution is 5.97. The fourth-order valence-corrected chi connectivity index (χ4v) is 4.09. The molecule has 4 rings (SSSR count). The van der Waals surface area contributed by atoms with E-state index in [1.807, 2.05) is 13.0 Å². The summed E-state index contributed by atoms with van der Waals surface area (Å²) in [6.07, 6.45) is 3.43. The van der Waals surface area contributed by atoms with Crippen molar-refractivity contribution in [3.8, 4) is 5.69 Å². The maximum atomic E-state index is 14.4. The number of carbonyl (C=O) groups excluding carboxylic acids is 1. The van der Waals surface area contributed by atoms with Gasteiger partial charge in [-0.3, -0.25) is 4.79 Å². The van der Waals surface area contributed by atoms with E-state index in [2.05, 4.69) is 5.10 Å². The van der Waals surface area contributed by atoms with Crippen LogP contribution < -0.4 is 0 Å². The van der Waals surface area contributed by atoms with E-state index in [1.165, 1.54) is 11.0 Å². The number of fused-ring (bicyclic) bond motifs is 1. The van der Waals surface area contributed by atoms with Crippen LogP contribution in [0.5, 0.6) is 0 Å². The van der Waals surface area contributed by atoms with Crippen molar-refractivity contribution in [3.05, 3.63) is 46.5 Å². The molecule has 26 heavy (non-hydrogen) atoms. The second-order valence-electron chi connectivity index (χ2n) is 6.94. The number of rotatable bonds is 3. The molecule has 1 aliphatic carbocycles. The standard InChI is InChI=1S/C19H20FN3O3/c1-11-5-2-7-13(20)17(11)23-14-8-3-6-12(14)16(21-23)18(24)22-10-4-9-15(22)19(25)26/h2,5,7,15H,3-4,6,8-10H2,1H3,(H,25,26)/t15-/m1/s1. The summed E-state index contributed by atoms with van der Waals surface area (Å²) in [4.78, 5) is 25.8. The van der Waals surface area contributed by atoms with E-state index in [4.69, 9.17) is 0 Å². The first-order valence-corrected chi connectivity index (χ1v) is 8.89. The second kappa shape index (κ2) is 6.23. The number of hydrogen-bond acceptors (Lipinski definition) is 3. The zero-order valence-electron chi connectivity index (χ0n) is 14.5. The van der Waals surface area contributed by atoms with E-state index in [9.17, 15) is 19.1 Å². The Morgan fingerprint density at radius 3 is 2.81 bits per heavy atom. The van der Waals surface area contributed by atoms with Gasteiger partial charge in [0, 0.05) is 17.8 Å². The average molecular weight is 357 g/mol. The van der Waals surface area contributed by atoms with E-state index in [1.54, 1.807) is 10.7 Å². The highest BCUT2D eigenvalue weighted by atomic mass is 19.1. The molecule has 2 aliphatic rings. The first-order chi connectivity index (χ1) is 12.5. The van der Waals surface area contributed by atoms with Crippen molar-refractivity contribution in [3.63, 3.8) is 0 Å². The molecule has 1 N–H and O–H groups in total. The van der Waals surface area contributed by atoms with Crippen molar-refractivity contribution < 1.29 is 19.1 Å². The molecule has 1 fully saturated rings. The summed E-state index contributed by atoms with van der Waals surface area (Å²) in [7, 11) is 0. The van der Waals surface area contributed by atoms with E-state index >= 15 is 0 Å². The van der Waals surface area contributed by atoms with Gasteiger partial charge in [0.2, 0.25) is 0 Å². The molecule has 0 spiro atoms. The van der Waals surface area contributed by atoms with E-state index in [0.717, 1.165) is 29.7 Å². The molecular weight excluding hydrogens is 337 g/mol. The summed E-state index contributed by atoms with van der Waals surface area (Å²) < 4.78 is 16.0. The molecule has 1 aliphatic heterocycles. The van der Waals surface area contributed by atoms with Gasteiger partial charge in [-0.2, -0.15) is 5.10 Å². The summed E-state index contributed by atoms with van der Waals surface area (Å²) in [5.41, 5.74) is 3.06. The van der Waals surface area contributed by atoms with Crippen molar-refractivity contribution in [1.82, 2.24) is 14.7 Å². The van der Waals surface area contributed by atoms with Gasteiger partial charge in [0.05, 0.1) is 0 Å². The highest BCUT2D eigenvalue weighted by Gasteiger charge is 2.38. The van der Waals surface area contributed by atoms with Crippen LogP contribution in [0.2, 0.25) is 0 Å². The number of likely N-dealkylation sites (tertiary alicyclic amines) is 1. The summed E-state index contributed by atoms with van der Waals surface area (Å²) in [5.74, 6) is -1.73. The number of carboxylic acids is 1. The minimum Gasteiger partial charge on any atom is -0.480 e. The first-order valence-electron chi connectivity index (χ1n) is 8.89. The second-order valence-corrected chi connectivity index (χ2v) is 6.94. The number of nitrogens with zero attached hydrogens (tertiary/aromatic N) is 3. The van der Waals surface area contributed by atoms with Gasteiger partial charge in [0.1, 0.15) is 17.5 Å². The Hall–Kier alpha value is -2.70. The van der Waals surface area contributed by atoms with Crippen LogP contribution in [-0.4, -0.2) is 44.3 Å². The third-order valence-electron chi connectivity index (χ3n) is 5.33. The number of benzene rings is 1. The Labute approximate surface area is 150 Å². The largest absolute Gasteiger partial charge is 0.480 e. The zero-order valence-corrected chi connectivity index (χ0v) is 14.5. The minimum atomic E-state index is -0.989. The van der Waals surface area contributed by atoms with Gasteiger partial charge in [-0.25, -0.2) is 13.9 Å². The van der Waals surface area contributed by atoms with Gasteiger partial charge in [-0.1, -0.05) is 12.1 Å². The van der Waals surface area contributed by atoms with Gasteiger partial charge in [-0.15, -0.1) is 0 Å². The van der Waals surface area contributed by atoms with Crippen molar-refractivity contribution in [1.29, 1.82) is 0 Å². The van der Waals surface area contributed by atoms with Crippen LogP contribution in [0.25, 0.3) is 5.69 Å². The molecule has 7 heteroatoms. The molecule has 0 bridgehead atoms. The third-order valence-corrected chi connectivity index (χ3v) is 5.33. The van der Waals surface area contributed by atoms with Gasteiger partial charge in [0.25, 0.3) is 5.91 Å². The number of aryl methyl sites for hydroxylation is 1. The Morgan fingerprint density at radius 2 is 2.08 bits per heavy atom. The van der Waals surface area contributed by atoms with E-state index in [0.29, 0.717) is 31.5 Å². The van der Waals surface area contributed by atoms with Crippen molar-refractivity contribution in [2.75, 3.05) is 6.54 Å². The van der Waals surface area contributed by atoms with Gasteiger partial charge < -0.3 is 10.0 Å². The lowest BCUT2D eigenvalue weighted by molar-refractivity contribution is -0.141. The molecule has 2 heterocycles. The molecule has 1 atom stereocenters. The molecule has 0 saturated carbocycles. The molecule has 0 radical (unpaired) electrons. The highest BCUT2D eigenvalue weighted by Crippen LogP contribution is 2.31. The van der Waals surface area contributed by atoms with Gasteiger partial charge >= 0.3 is 5.97 Å². The van der Waals surface area contributed by atoms with Crippen LogP contribution in [0.15, 0.2) is 18.2 Å². The van der Waals surface area contributed by atoms with E-state index in [-0.39, 0.29) is 17.4 Å². The lowest BCUT2D eigenvalue weighted by Crippen LogP contribution is -2.40. The number of amides is 1. The number of carboxylic acid groups (broad SMARTS) is 1. The molecule has 0 unspecified atom stereocenters. The Morgan fingerprint density at radius 1 is 1.27 bits per heavy atom. The first kappa shape index (κ1) is 16.8. The van der Waals surface area contributed by atoms with E-state index < -0.39 is 12.0 Å². The molecular formula is C19H20FN3O3. The predicted octanol–water partition coefficient (Wildman–Crippen LogP) is 2.50. The SMILES string of the molecule is Cc1cccc(F)c1-n1nc(C(=O)N2CCC[C@@H]2C(=O)O)c2c1CCC2. The molecule has 6 nitrogen and oxygen atoms in total. The molecule has 2 aromatic rings. The molecule has 1 amide bonds. The van der Waals surface area contributed by atoms with Crippen LogP contribution in [0, 0.1) is 12.7 Å². The minimum absolute atomic E-state index is 0.272. The summed E-state index contributed by atoms with van der Waals surface area (Å²) in [6, 6.07) is 4.03. The lowest BCUT2D eigenvalue weighted by Gasteiger charge is -2.20. The topological polar surface area (TPSA) is 75.4 Å². The number of para-hydroxylation sites is 1. The quantitative estimate of drug-likeness (QED) is 0.916. The number of carbonyl (C=O) groups is 2. The van der Waals surface area contributed by atoms with Gasteiger partial charge in [0.15, 0.2) is 5.69 Å². The number of aromatic nitrogens is 2.